The number of ether oxygens (including phenoxy) is 2. The SMILES string of the molecule is CCCCNC(=O)COC(=O)c1cc(Cl)c(N)cc1OC. The van der Waals surface area contributed by atoms with Crippen LogP contribution in [0.25, 0.3) is 0 Å². The van der Waals surface area contributed by atoms with Gasteiger partial charge in [-0.25, -0.2) is 4.79 Å². The van der Waals surface area contributed by atoms with Crippen LogP contribution in [0.5, 0.6) is 5.75 Å². The molecule has 0 fully saturated rings. The summed E-state index contributed by atoms with van der Waals surface area (Å²) in [6.07, 6.45) is 1.85. The summed E-state index contributed by atoms with van der Waals surface area (Å²) in [5.74, 6) is -0.801. The molecule has 0 aliphatic heterocycles. The molecule has 0 radical (unpaired) electrons. The molecule has 0 saturated heterocycles. The zero-order valence-corrected chi connectivity index (χ0v) is 12.8. The zero-order chi connectivity index (χ0) is 15.8. The number of nitrogens with two attached hydrogens (primary N) is 1. The van der Waals surface area contributed by atoms with E-state index < -0.39 is 5.97 Å². The number of unbranched alkanes of at least 4 members (excludes halogenated alkanes) is 1. The molecule has 0 spiro atoms. The quantitative estimate of drug-likeness (QED) is 0.456. The van der Waals surface area contributed by atoms with Gasteiger partial charge in [-0.1, -0.05) is 24.9 Å². The number of hydrogen-bond donors (Lipinski definition) is 2. The number of nitrogen functional groups attached to an aromatic ring is 1. The monoisotopic (exact) mass is 314 g/mol. The number of esters is 1. The third-order valence-electron chi connectivity index (χ3n) is 2.73. The van der Waals surface area contributed by atoms with Gasteiger partial charge in [0.15, 0.2) is 6.61 Å². The Kier molecular flexibility index (Phi) is 6.81. The molecule has 0 unspecified atom stereocenters. The molecule has 6 nitrogen and oxygen atoms in total. The summed E-state index contributed by atoms with van der Waals surface area (Å²) in [6.45, 7) is 2.22. The van der Waals surface area contributed by atoms with Crippen molar-refractivity contribution < 1.29 is 19.1 Å². The molecule has 116 valence electrons. The van der Waals surface area contributed by atoms with Crippen LogP contribution >= 0.6 is 11.6 Å². The minimum atomic E-state index is -0.695. The van der Waals surface area contributed by atoms with Crippen LogP contribution in [0.15, 0.2) is 12.1 Å². The second-order valence-electron chi connectivity index (χ2n) is 4.35. The minimum Gasteiger partial charge on any atom is -0.496 e. The molecule has 0 aliphatic rings. The summed E-state index contributed by atoms with van der Waals surface area (Å²) < 4.78 is 9.98. The zero-order valence-electron chi connectivity index (χ0n) is 12.1. The topological polar surface area (TPSA) is 90.7 Å². The average Bonchev–Trinajstić information content (AvgIpc) is 2.47. The van der Waals surface area contributed by atoms with Gasteiger partial charge in [0.1, 0.15) is 11.3 Å². The van der Waals surface area contributed by atoms with Crippen LogP contribution in [0, 0.1) is 0 Å². The van der Waals surface area contributed by atoms with Gasteiger partial charge in [0.05, 0.1) is 17.8 Å². The predicted octanol–water partition coefficient (Wildman–Crippen LogP) is 2.00. The molecular weight excluding hydrogens is 296 g/mol. The molecule has 7 heteroatoms. The number of hydrogen-bond acceptors (Lipinski definition) is 5. The average molecular weight is 315 g/mol. The predicted molar refractivity (Wildman–Crippen MR) is 80.6 cm³/mol. The van der Waals surface area contributed by atoms with Crippen molar-refractivity contribution in [3.63, 3.8) is 0 Å². The molecule has 0 saturated carbocycles. The number of halogens is 1. The van der Waals surface area contributed by atoms with Crippen LogP contribution in [0.4, 0.5) is 5.69 Å². The summed E-state index contributed by atoms with van der Waals surface area (Å²) in [5.41, 5.74) is 6.04. The smallest absolute Gasteiger partial charge is 0.342 e. The lowest BCUT2D eigenvalue weighted by Gasteiger charge is -2.10. The van der Waals surface area contributed by atoms with Gasteiger partial charge >= 0.3 is 5.97 Å². The molecule has 0 bridgehead atoms. The van der Waals surface area contributed by atoms with E-state index in [0.29, 0.717) is 12.2 Å². The standard InChI is InChI=1S/C14H19ClN2O4/c1-3-4-5-17-13(18)8-21-14(19)9-6-10(15)11(16)7-12(9)20-2/h6-7H,3-5,8,16H2,1-2H3,(H,17,18). The van der Waals surface area contributed by atoms with Gasteiger partial charge in [-0.15, -0.1) is 0 Å². The molecule has 1 amide bonds. The summed E-state index contributed by atoms with van der Waals surface area (Å²) >= 11 is 5.87. The highest BCUT2D eigenvalue weighted by Crippen LogP contribution is 2.29. The van der Waals surface area contributed by atoms with E-state index in [4.69, 9.17) is 26.8 Å². The molecule has 3 N–H and O–H groups in total. The first-order valence-corrected chi connectivity index (χ1v) is 6.94. The molecule has 1 aromatic rings. The Labute approximate surface area is 128 Å². The number of nitrogens with one attached hydrogen (secondary N) is 1. The van der Waals surface area contributed by atoms with Crippen molar-refractivity contribution in [2.75, 3.05) is 26.0 Å². The highest BCUT2D eigenvalue weighted by molar-refractivity contribution is 6.33. The molecule has 0 heterocycles. The van der Waals surface area contributed by atoms with Crippen LogP contribution < -0.4 is 15.8 Å². The van der Waals surface area contributed by atoms with Crippen LogP contribution in [0.1, 0.15) is 30.1 Å². The van der Waals surface area contributed by atoms with Gasteiger partial charge in [-0.2, -0.15) is 0 Å². The van der Waals surface area contributed by atoms with Gasteiger partial charge in [0, 0.05) is 12.6 Å². The minimum absolute atomic E-state index is 0.123. The Morgan fingerprint density at radius 2 is 2.10 bits per heavy atom. The van der Waals surface area contributed by atoms with Crippen molar-refractivity contribution in [2.45, 2.75) is 19.8 Å². The van der Waals surface area contributed by atoms with Gasteiger partial charge < -0.3 is 20.5 Å². The first-order chi connectivity index (χ1) is 9.99. The Hall–Kier alpha value is -1.95. The fraction of sp³-hybridized carbons (Fsp3) is 0.429. The van der Waals surface area contributed by atoms with E-state index in [9.17, 15) is 9.59 Å². The Balaban J connectivity index is 2.63. The maximum absolute atomic E-state index is 11.9. The number of methoxy groups -OCH3 is 1. The van der Waals surface area contributed by atoms with Crippen molar-refractivity contribution in [3.8, 4) is 5.75 Å². The van der Waals surface area contributed by atoms with Crippen LogP contribution in [-0.2, 0) is 9.53 Å². The van der Waals surface area contributed by atoms with E-state index >= 15 is 0 Å². The normalized spacial score (nSPS) is 10.0. The molecule has 1 aromatic carbocycles. The van der Waals surface area contributed by atoms with Crippen LogP contribution in [-0.4, -0.2) is 32.1 Å². The van der Waals surface area contributed by atoms with E-state index in [2.05, 4.69) is 5.32 Å². The van der Waals surface area contributed by atoms with Crippen molar-refractivity contribution in [1.82, 2.24) is 5.32 Å². The Bertz CT molecular complexity index is 520. The van der Waals surface area contributed by atoms with E-state index in [-0.39, 0.29) is 28.8 Å². The summed E-state index contributed by atoms with van der Waals surface area (Å²) in [5, 5.41) is 2.86. The maximum atomic E-state index is 11.9. The fourth-order valence-corrected chi connectivity index (χ4v) is 1.73. The van der Waals surface area contributed by atoms with Gasteiger partial charge in [-0.05, 0) is 12.5 Å². The largest absolute Gasteiger partial charge is 0.496 e. The van der Waals surface area contributed by atoms with Crippen molar-refractivity contribution in [1.29, 1.82) is 0 Å². The van der Waals surface area contributed by atoms with Crippen LogP contribution in [0.2, 0.25) is 5.02 Å². The third-order valence-corrected chi connectivity index (χ3v) is 3.05. The molecule has 1 rings (SSSR count). The number of rotatable bonds is 7. The fourth-order valence-electron chi connectivity index (χ4n) is 1.56. The first kappa shape index (κ1) is 17.1. The van der Waals surface area contributed by atoms with Gasteiger partial charge in [0.25, 0.3) is 5.91 Å². The molecular formula is C14H19ClN2O4. The lowest BCUT2D eigenvalue weighted by atomic mass is 10.2. The lowest BCUT2D eigenvalue weighted by Crippen LogP contribution is -2.29. The van der Waals surface area contributed by atoms with Crippen molar-refractivity contribution in [2.24, 2.45) is 0 Å². The molecule has 21 heavy (non-hydrogen) atoms. The highest BCUT2D eigenvalue weighted by atomic mass is 35.5. The van der Waals surface area contributed by atoms with Crippen LogP contribution in [0.3, 0.4) is 0 Å². The number of carbonyl (C=O) groups is 2. The number of anilines is 1. The highest BCUT2D eigenvalue weighted by Gasteiger charge is 2.17. The molecule has 0 atom stereocenters. The van der Waals surface area contributed by atoms with Crippen molar-refractivity contribution >= 4 is 29.2 Å². The summed E-state index contributed by atoms with van der Waals surface area (Å²) in [6, 6.07) is 2.79. The summed E-state index contributed by atoms with van der Waals surface area (Å²) in [4.78, 5) is 23.4. The van der Waals surface area contributed by atoms with E-state index in [1.54, 1.807) is 0 Å². The summed E-state index contributed by atoms with van der Waals surface area (Å²) in [7, 11) is 1.40. The number of amides is 1. The van der Waals surface area contributed by atoms with Gasteiger partial charge in [0.2, 0.25) is 0 Å². The maximum Gasteiger partial charge on any atom is 0.342 e. The lowest BCUT2D eigenvalue weighted by molar-refractivity contribution is -0.124. The van der Waals surface area contributed by atoms with Crippen molar-refractivity contribution in [3.05, 3.63) is 22.7 Å². The molecule has 0 aromatic heterocycles. The third kappa shape index (κ3) is 5.15. The van der Waals surface area contributed by atoms with E-state index in [1.807, 2.05) is 6.92 Å². The second kappa shape index (κ2) is 8.36. The molecule has 0 aliphatic carbocycles. The first-order valence-electron chi connectivity index (χ1n) is 6.56. The number of carbonyl (C=O) groups excluding carboxylic acids is 2. The van der Waals surface area contributed by atoms with Gasteiger partial charge in [-0.3, -0.25) is 4.79 Å². The Morgan fingerprint density at radius 1 is 1.38 bits per heavy atom. The Morgan fingerprint density at radius 3 is 2.71 bits per heavy atom. The van der Waals surface area contributed by atoms with E-state index in [1.165, 1.54) is 19.2 Å². The van der Waals surface area contributed by atoms with E-state index in [0.717, 1.165) is 12.8 Å². The second-order valence-corrected chi connectivity index (χ2v) is 4.76. The number of benzene rings is 1.